The molecule has 1 fully saturated rings. The highest BCUT2D eigenvalue weighted by Crippen LogP contribution is 2.38. The van der Waals surface area contributed by atoms with Crippen LogP contribution in [0.1, 0.15) is 35.4 Å². The van der Waals surface area contributed by atoms with Gasteiger partial charge in [-0.3, -0.25) is 9.69 Å². The summed E-state index contributed by atoms with van der Waals surface area (Å²) in [5.41, 5.74) is 2.67. The van der Waals surface area contributed by atoms with Crippen LogP contribution in [-0.4, -0.2) is 79.6 Å². The molecular formula is C30H35FN4O4S. The Morgan fingerprint density at radius 2 is 1.93 bits per heavy atom. The van der Waals surface area contributed by atoms with E-state index in [0.717, 1.165) is 18.5 Å². The molecule has 1 saturated heterocycles. The summed E-state index contributed by atoms with van der Waals surface area (Å²) in [6.07, 6.45) is 1.30. The van der Waals surface area contributed by atoms with Gasteiger partial charge in [0.05, 0.1) is 25.9 Å². The number of piperazine rings is 1. The molecule has 8 nitrogen and oxygen atoms in total. The summed E-state index contributed by atoms with van der Waals surface area (Å²) in [6, 6.07) is 13.7. The second-order valence-corrected chi connectivity index (χ2v) is 11.2. The van der Waals surface area contributed by atoms with Crippen LogP contribution >= 0.6 is 11.3 Å². The third-order valence-electron chi connectivity index (χ3n) is 7.73. The molecule has 1 N–H and O–H groups in total. The maximum Gasteiger partial charge on any atom is 0.322 e. The van der Waals surface area contributed by atoms with Crippen molar-refractivity contribution >= 4 is 29.0 Å². The third kappa shape index (κ3) is 5.93. The lowest BCUT2D eigenvalue weighted by molar-refractivity contribution is -0.134. The average molecular weight is 567 g/mol. The molecule has 3 aromatic rings. The number of rotatable bonds is 7. The number of thiophene rings is 1. The minimum absolute atomic E-state index is 0.0621. The highest BCUT2D eigenvalue weighted by atomic mass is 32.1. The summed E-state index contributed by atoms with van der Waals surface area (Å²) in [7, 11) is 3.12. The van der Waals surface area contributed by atoms with Crippen LogP contribution in [0, 0.1) is 5.82 Å². The third-order valence-corrected chi connectivity index (χ3v) is 8.73. The van der Waals surface area contributed by atoms with Gasteiger partial charge in [0.25, 0.3) is 0 Å². The van der Waals surface area contributed by atoms with Crippen molar-refractivity contribution in [2.75, 3.05) is 52.3 Å². The Labute approximate surface area is 238 Å². The number of nitrogens with one attached hydrogen (secondary N) is 1. The van der Waals surface area contributed by atoms with Crippen molar-refractivity contribution in [1.82, 2.24) is 14.7 Å². The van der Waals surface area contributed by atoms with Crippen molar-refractivity contribution in [3.63, 3.8) is 0 Å². The summed E-state index contributed by atoms with van der Waals surface area (Å²) < 4.78 is 24.7. The smallest absolute Gasteiger partial charge is 0.322 e. The number of urea groups is 1. The minimum Gasteiger partial charge on any atom is -0.497 e. The molecule has 0 aliphatic carbocycles. The van der Waals surface area contributed by atoms with Gasteiger partial charge in [-0.15, -0.1) is 11.3 Å². The van der Waals surface area contributed by atoms with Gasteiger partial charge in [-0.25, -0.2) is 9.18 Å². The number of fused-ring (bicyclic) bond motifs is 1. The zero-order valence-electron chi connectivity index (χ0n) is 23.1. The Balaban J connectivity index is 1.19. The van der Waals surface area contributed by atoms with Gasteiger partial charge in [-0.2, -0.15) is 0 Å². The molecular weight excluding hydrogens is 531 g/mol. The van der Waals surface area contributed by atoms with Crippen molar-refractivity contribution in [3.05, 3.63) is 75.7 Å². The first kappa shape index (κ1) is 27.9. The van der Waals surface area contributed by atoms with Gasteiger partial charge in [0.2, 0.25) is 5.91 Å². The van der Waals surface area contributed by atoms with E-state index in [4.69, 9.17) is 9.47 Å². The molecule has 0 bridgehead atoms. The summed E-state index contributed by atoms with van der Waals surface area (Å²) in [5, 5.41) is 5.02. The quantitative estimate of drug-likeness (QED) is 0.436. The van der Waals surface area contributed by atoms with E-state index in [-0.39, 0.29) is 29.8 Å². The van der Waals surface area contributed by atoms with Crippen LogP contribution in [0.3, 0.4) is 0 Å². The summed E-state index contributed by atoms with van der Waals surface area (Å²) in [5.74, 6) is 0.964. The predicted molar refractivity (Wildman–Crippen MR) is 154 cm³/mol. The van der Waals surface area contributed by atoms with Crippen LogP contribution in [0.4, 0.5) is 14.9 Å². The van der Waals surface area contributed by atoms with Crippen molar-refractivity contribution in [2.45, 2.75) is 31.8 Å². The number of halogens is 1. The Kier molecular flexibility index (Phi) is 8.56. The summed E-state index contributed by atoms with van der Waals surface area (Å²) in [4.78, 5) is 33.6. The monoisotopic (exact) mass is 566 g/mol. The maximum absolute atomic E-state index is 14.1. The zero-order chi connectivity index (χ0) is 28.2. The molecule has 2 aliphatic rings. The van der Waals surface area contributed by atoms with E-state index >= 15 is 0 Å². The van der Waals surface area contributed by atoms with Crippen LogP contribution in [0.2, 0.25) is 0 Å². The first-order valence-electron chi connectivity index (χ1n) is 13.5. The molecule has 2 aromatic carbocycles. The Bertz CT molecular complexity index is 1360. The summed E-state index contributed by atoms with van der Waals surface area (Å²) in [6.45, 7) is 4.73. The molecule has 2 atom stereocenters. The number of anilines is 1. The predicted octanol–water partition coefficient (Wildman–Crippen LogP) is 5.01. The number of benzene rings is 2. The highest BCUT2D eigenvalue weighted by molar-refractivity contribution is 7.10. The fraction of sp³-hybridized carbons (Fsp3) is 0.400. The Morgan fingerprint density at radius 3 is 2.67 bits per heavy atom. The molecule has 2 unspecified atom stereocenters. The lowest BCUT2D eigenvalue weighted by Crippen LogP contribution is -2.56. The second-order valence-electron chi connectivity index (χ2n) is 10.2. The van der Waals surface area contributed by atoms with Gasteiger partial charge < -0.3 is 24.6 Å². The molecule has 1 aromatic heterocycles. The molecule has 0 spiro atoms. The largest absolute Gasteiger partial charge is 0.497 e. The molecule has 5 rings (SSSR count). The molecule has 2 aliphatic heterocycles. The number of amides is 3. The molecule has 0 saturated carbocycles. The van der Waals surface area contributed by atoms with E-state index in [2.05, 4.69) is 21.7 Å². The van der Waals surface area contributed by atoms with Gasteiger partial charge in [-0.05, 0) is 60.2 Å². The maximum atomic E-state index is 14.1. The Hall–Kier alpha value is -3.63. The van der Waals surface area contributed by atoms with Crippen LogP contribution < -0.4 is 14.8 Å². The molecule has 3 amide bonds. The number of methoxy groups -OCH3 is 2. The van der Waals surface area contributed by atoms with Crippen LogP contribution in [0.15, 0.2) is 53.9 Å². The SMILES string of the molecule is COc1ccc(NC(=O)N2CCN(C(=O)CCN3CCc4sccc4C3c3cccc(F)c3)CC2C)c(OC)c1. The lowest BCUT2D eigenvalue weighted by Gasteiger charge is -2.40. The fourth-order valence-corrected chi connectivity index (χ4v) is 6.55. The van der Waals surface area contributed by atoms with Crippen molar-refractivity contribution in [2.24, 2.45) is 0 Å². The van der Waals surface area contributed by atoms with E-state index in [1.807, 2.05) is 17.9 Å². The second kappa shape index (κ2) is 12.3. The normalized spacial score (nSPS) is 19.2. The number of nitrogens with zero attached hydrogens (tertiary/aromatic N) is 3. The zero-order valence-corrected chi connectivity index (χ0v) is 23.9. The van der Waals surface area contributed by atoms with Gasteiger partial charge in [0.1, 0.15) is 17.3 Å². The first-order chi connectivity index (χ1) is 19.4. The van der Waals surface area contributed by atoms with Gasteiger partial charge >= 0.3 is 6.03 Å². The van der Waals surface area contributed by atoms with Crippen LogP contribution in [0.5, 0.6) is 11.5 Å². The van der Waals surface area contributed by atoms with E-state index in [1.165, 1.54) is 16.5 Å². The number of hydrogen-bond acceptors (Lipinski definition) is 6. The molecule has 0 radical (unpaired) electrons. The highest BCUT2D eigenvalue weighted by Gasteiger charge is 2.33. The Morgan fingerprint density at radius 1 is 1.07 bits per heavy atom. The first-order valence-corrected chi connectivity index (χ1v) is 14.4. The van der Waals surface area contributed by atoms with E-state index in [1.54, 1.807) is 60.8 Å². The summed E-state index contributed by atoms with van der Waals surface area (Å²) >= 11 is 1.74. The standard InChI is InChI=1S/C30H35FN4O4S/c1-20-19-34(14-15-35(20)30(37)32-25-8-7-23(38-2)18-26(25)39-3)28(36)10-13-33-12-9-27-24(11-16-40-27)29(33)21-5-4-6-22(31)17-21/h4-8,11,16-18,20,29H,9-10,12-15,19H2,1-3H3,(H,32,37). The van der Waals surface area contributed by atoms with Crippen LogP contribution in [-0.2, 0) is 11.2 Å². The number of carbonyl (C=O) groups is 2. The molecule has 212 valence electrons. The number of carbonyl (C=O) groups excluding carboxylic acids is 2. The lowest BCUT2D eigenvalue weighted by atomic mass is 9.93. The van der Waals surface area contributed by atoms with E-state index in [9.17, 15) is 14.0 Å². The minimum atomic E-state index is -0.253. The van der Waals surface area contributed by atoms with Crippen molar-refractivity contribution in [3.8, 4) is 11.5 Å². The number of hydrogen-bond donors (Lipinski definition) is 1. The average Bonchev–Trinajstić information content (AvgIpc) is 3.44. The van der Waals surface area contributed by atoms with Gasteiger partial charge in [0, 0.05) is 56.1 Å². The van der Waals surface area contributed by atoms with Crippen molar-refractivity contribution < 1.29 is 23.5 Å². The molecule has 3 heterocycles. The van der Waals surface area contributed by atoms with Crippen molar-refractivity contribution in [1.29, 1.82) is 0 Å². The number of ether oxygens (including phenoxy) is 2. The molecule has 10 heteroatoms. The van der Waals surface area contributed by atoms with E-state index in [0.29, 0.717) is 49.8 Å². The molecule has 40 heavy (non-hydrogen) atoms. The fourth-order valence-electron chi connectivity index (χ4n) is 5.65. The van der Waals surface area contributed by atoms with Gasteiger partial charge in [-0.1, -0.05) is 12.1 Å². The van der Waals surface area contributed by atoms with Gasteiger partial charge in [0.15, 0.2) is 0 Å². The van der Waals surface area contributed by atoms with E-state index < -0.39 is 0 Å². The topological polar surface area (TPSA) is 74.4 Å². The van der Waals surface area contributed by atoms with Crippen LogP contribution in [0.25, 0.3) is 0 Å².